The third kappa shape index (κ3) is 7.11. The van der Waals surface area contributed by atoms with Gasteiger partial charge in [0.25, 0.3) is 0 Å². The van der Waals surface area contributed by atoms with Crippen LogP contribution in [0, 0.1) is 11.3 Å². The maximum atomic E-state index is 11.6. The molecule has 6 nitrogen and oxygen atoms in total. The lowest BCUT2D eigenvalue weighted by Gasteiger charge is -2.19. The van der Waals surface area contributed by atoms with E-state index in [0.29, 0.717) is 13.0 Å². The average Bonchev–Trinajstić information content (AvgIpc) is 2.31. The molecule has 0 radical (unpaired) electrons. The lowest BCUT2D eigenvalue weighted by Crippen LogP contribution is -2.40. The molecule has 0 aliphatic heterocycles. The van der Waals surface area contributed by atoms with Crippen LogP contribution in [0.15, 0.2) is 0 Å². The van der Waals surface area contributed by atoms with Gasteiger partial charge in [0.1, 0.15) is 0 Å². The number of amides is 2. The molecule has 0 aromatic heterocycles. The Hall–Kier alpha value is -1.59. The van der Waals surface area contributed by atoms with E-state index in [1.54, 1.807) is 13.8 Å². The minimum atomic E-state index is -0.935. The van der Waals surface area contributed by atoms with Crippen LogP contribution >= 0.6 is 0 Å². The zero-order valence-corrected chi connectivity index (χ0v) is 12.9. The van der Waals surface area contributed by atoms with Crippen molar-refractivity contribution in [1.29, 1.82) is 0 Å². The molecule has 0 rings (SSSR count). The van der Waals surface area contributed by atoms with Crippen LogP contribution < -0.4 is 10.6 Å². The minimum absolute atomic E-state index is 0.0502. The molecular formula is C14H26N2O4. The van der Waals surface area contributed by atoms with Crippen molar-refractivity contribution < 1.29 is 19.5 Å². The Labute approximate surface area is 120 Å². The predicted octanol–water partition coefficient (Wildman–Crippen LogP) is 1.15. The van der Waals surface area contributed by atoms with E-state index >= 15 is 0 Å². The molecule has 0 aromatic rings. The molecule has 0 bridgehead atoms. The quantitative estimate of drug-likeness (QED) is 0.612. The van der Waals surface area contributed by atoms with E-state index in [4.69, 9.17) is 5.11 Å². The topological polar surface area (TPSA) is 95.5 Å². The molecule has 2 atom stereocenters. The molecule has 2 amide bonds. The second kappa shape index (κ2) is 7.87. The molecule has 0 heterocycles. The zero-order valence-electron chi connectivity index (χ0n) is 12.9. The first-order chi connectivity index (χ1) is 9.05. The third-order valence-electron chi connectivity index (χ3n) is 3.08. The Balaban J connectivity index is 3.90. The first kappa shape index (κ1) is 18.4. The highest BCUT2D eigenvalue weighted by molar-refractivity contribution is 5.81. The van der Waals surface area contributed by atoms with E-state index < -0.39 is 23.3 Å². The molecule has 2 unspecified atom stereocenters. The third-order valence-corrected chi connectivity index (χ3v) is 3.08. The number of nitrogens with one attached hydrogen (secondary N) is 2. The fourth-order valence-corrected chi connectivity index (χ4v) is 1.38. The van der Waals surface area contributed by atoms with E-state index in [1.165, 1.54) is 0 Å². The normalized spacial score (nSPS) is 14.2. The number of hydrogen-bond donors (Lipinski definition) is 3. The van der Waals surface area contributed by atoms with Gasteiger partial charge in [-0.3, -0.25) is 14.4 Å². The van der Waals surface area contributed by atoms with Crippen molar-refractivity contribution in [2.45, 2.75) is 53.5 Å². The Kier molecular flexibility index (Phi) is 7.24. The Morgan fingerprint density at radius 1 is 1.15 bits per heavy atom. The molecule has 20 heavy (non-hydrogen) atoms. The van der Waals surface area contributed by atoms with Crippen LogP contribution in [0.2, 0.25) is 0 Å². The lowest BCUT2D eigenvalue weighted by atomic mass is 9.96. The summed E-state index contributed by atoms with van der Waals surface area (Å²) in [6.45, 7) is 9.12. The number of carbonyl (C=O) groups is 3. The van der Waals surface area contributed by atoms with E-state index in [2.05, 4.69) is 10.6 Å². The molecule has 0 saturated carbocycles. The number of carboxylic acids is 1. The molecule has 0 fully saturated rings. The number of hydrogen-bond acceptors (Lipinski definition) is 3. The summed E-state index contributed by atoms with van der Waals surface area (Å²) in [6.07, 6.45) is 0.795. The van der Waals surface area contributed by atoms with Crippen molar-refractivity contribution in [2.75, 3.05) is 6.54 Å². The van der Waals surface area contributed by atoms with E-state index in [-0.39, 0.29) is 18.2 Å². The highest BCUT2D eigenvalue weighted by Gasteiger charge is 2.21. The van der Waals surface area contributed by atoms with E-state index in [9.17, 15) is 14.4 Å². The fourth-order valence-electron chi connectivity index (χ4n) is 1.38. The number of rotatable bonds is 7. The van der Waals surface area contributed by atoms with Crippen molar-refractivity contribution >= 4 is 17.8 Å². The first-order valence-corrected chi connectivity index (χ1v) is 6.86. The second-order valence-corrected chi connectivity index (χ2v) is 6.09. The molecule has 0 aromatic carbocycles. The standard InChI is InChI=1S/C14H26N2O4/c1-9(12(18)19)10(2)16-11(17)7-6-8-15-13(20)14(3,4)5/h9-10H,6-8H2,1-5H3,(H,15,20)(H,16,17)(H,18,19). The van der Waals surface area contributed by atoms with Crippen molar-refractivity contribution in [3.05, 3.63) is 0 Å². The summed E-state index contributed by atoms with van der Waals surface area (Å²) in [7, 11) is 0. The largest absolute Gasteiger partial charge is 0.481 e. The van der Waals surface area contributed by atoms with Crippen LogP contribution in [0.4, 0.5) is 0 Å². The van der Waals surface area contributed by atoms with Gasteiger partial charge in [0, 0.05) is 24.4 Å². The summed E-state index contributed by atoms with van der Waals surface area (Å²) in [5.74, 6) is -1.81. The van der Waals surface area contributed by atoms with Crippen molar-refractivity contribution in [2.24, 2.45) is 11.3 Å². The minimum Gasteiger partial charge on any atom is -0.481 e. The number of aliphatic carboxylic acids is 1. The Morgan fingerprint density at radius 3 is 2.15 bits per heavy atom. The van der Waals surface area contributed by atoms with Gasteiger partial charge in [-0.25, -0.2) is 0 Å². The van der Waals surface area contributed by atoms with Gasteiger partial charge in [0.15, 0.2) is 0 Å². The number of carboxylic acid groups (broad SMARTS) is 1. The van der Waals surface area contributed by atoms with Crippen molar-refractivity contribution in [3.63, 3.8) is 0 Å². The van der Waals surface area contributed by atoms with Gasteiger partial charge in [-0.2, -0.15) is 0 Å². The van der Waals surface area contributed by atoms with Gasteiger partial charge in [-0.15, -0.1) is 0 Å². The fraction of sp³-hybridized carbons (Fsp3) is 0.786. The summed E-state index contributed by atoms with van der Waals surface area (Å²) in [5.41, 5.74) is -0.437. The Morgan fingerprint density at radius 2 is 1.70 bits per heavy atom. The zero-order chi connectivity index (χ0) is 15.9. The average molecular weight is 286 g/mol. The summed E-state index contributed by atoms with van der Waals surface area (Å²) in [5, 5.41) is 14.2. The molecule has 0 aliphatic rings. The van der Waals surface area contributed by atoms with Gasteiger partial charge in [-0.1, -0.05) is 20.8 Å². The molecular weight excluding hydrogens is 260 g/mol. The monoisotopic (exact) mass is 286 g/mol. The highest BCUT2D eigenvalue weighted by atomic mass is 16.4. The van der Waals surface area contributed by atoms with Crippen LogP contribution in [-0.4, -0.2) is 35.5 Å². The van der Waals surface area contributed by atoms with Gasteiger partial charge < -0.3 is 15.7 Å². The van der Waals surface area contributed by atoms with Crippen LogP contribution in [0.5, 0.6) is 0 Å². The highest BCUT2D eigenvalue weighted by Crippen LogP contribution is 2.12. The smallest absolute Gasteiger partial charge is 0.308 e. The molecule has 6 heteroatoms. The summed E-state index contributed by atoms with van der Waals surface area (Å²) in [4.78, 5) is 33.9. The summed E-state index contributed by atoms with van der Waals surface area (Å²) < 4.78 is 0. The van der Waals surface area contributed by atoms with Crippen LogP contribution in [0.25, 0.3) is 0 Å². The summed E-state index contributed by atoms with van der Waals surface area (Å²) >= 11 is 0. The van der Waals surface area contributed by atoms with Crippen molar-refractivity contribution in [3.8, 4) is 0 Å². The van der Waals surface area contributed by atoms with E-state index in [0.717, 1.165) is 0 Å². The molecule has 0 saturated heterocycles. The van der Waals surface area contributed by atoms with Crippen LogP contribution in [0.3, 0.4) is 0 Å². The van der Waals surface area contributed by atoms with Gasteiger partial charge in [0.05, 0.1) is 5.92 Å². The predicted molar refractivity (Wildman–Crippen MR) is 76.1 cm³/mol. The molecule has 116 valence electrons. The first-order valence-electron chi connectivity index (χ1n) is 6.86. The van der Waals surface area contributed by atoms with Gasteiger partial charge >= 0.3 is 5.97 Å². The van der Waals surface area contributed by atoms with Gasteiger partial charge in [-0.05, 0) is 20.3 Å². The van der Waals surface area contributed by atoms with Crippen molar-refractivity contribution in [1.82, 2.24) is 10.6 Å². The second-order valence-electron chi connectivity index (χ2n) is 6.09. The molecule has 3 N–H and O–H groups in total. The van der Waals surface area contributed by atoms with Gasteiger partial charge in [0.2, 0.25) is 11.8 Å². The maximum Gasteiger partial charge on any atom is 0.308 e. The van der Waals surface area contributed by atoms with E-state index in [1.807, 2.05) is 20.8 Å². The summed E-state index contributed by atoms with van der Waals surface area (Å²) in [6, 6.07) is -0.413. The lowest BCUT2D eigenvalue weighted by molar-refractivity contribution is -0.142. The Bertz CT molecular complexity index is 361. The maximum absolute atomic E-state index is 11.6. The molecule has 0 aliphatic carbocycles. The molecule has 0 spiro atoms. The van der Waals surface area contributed by atoms with Crippen LogP contribution in [-0.2, 0) is 14.4 Å². The van der Waals surface area contributed by atoms with Crippen LogP contribution in [0.1, 0.15) is 47.5 Å². The SMILES string of the molecule is CC(NC(=O)CCCNC(=O)C(C)(C)C)C(C)C(=O)O. The number of carbonyl (C=O) groups excluding carboxylic acids is 2.